The second kappa shape index (κ2) is 6.31. The Labute approximate surface area is 125 Å². The van der Waals surface area contributed by atoms with Gasteiger partial charge in [-0.3, -0.25) is 4.79 Å². The smallest absolute Gasteiger partial charge is 0.250 e. The highest BCUT2D eigenvalue weighted by Gasteiger charge is 2.17. The summed E-state index contributed by atoms with van der Waals surface area (Å²) in [6.45, 7) is 5.37. The Morgan fingerprint density at radius 1 is 1.50 bits per heavy atom. The topological polar surface area (TPSA) is 55.1 Å². The number of rotatable bonds is 4. The Bertz CT molecular complexity index is 539. The van der Waals surface area contributed by atoms with E-state index >= 15 is 0 Å². The number of anilines is 1. The van der Waals surface area contributed by atoms with Crippen LogP contribution in [0.3, 0.4) is 0 Å². The first-order chi connectivity index (χ1) is 9.45. The van der Waals surface area contributed by atoms with Gasteiger partial charge in [0.05, 0.1) is 10.6 Å². The zero-order valence-corrected chi connectivity index (χ0v) is 12.7. The summed E-state index contributed by atoms with van der Waals surface area (Å²) in [5, 5.41) is 3.80. The van der Waals surface area contributed by atoms with Gasteiger partial charge in [0, 0.05) is 12.2 Å². The predicted octanol–water partition coefficient (Wildman–Crippen LogP) is 3.84. The third-order valence-corrected chi connectivity index (χ3v) is 4.03. The van der Waals surface area contributed by atoms with E-state index in [-0.39, 0.29) is 0 Å². The molecule has 0 saturated heterocycles. The normalized spacial score (nSPS) is 22.2. The minimum atomic E-state index is -0.497. The van der Waals surface area contributed by atoms with Crippen LogP contribution in [-0.4, -0.2) is 12.5 Å². The first-order valence-electron chi connectivity index (χ1n) is 6.96. The molecular formula is C16H21ClN2O. The van der Waals surface area contributed by atoms with Crippen molar-refractivity contribution in [2.45, 2.75) is 26.7 Å². The third-order valence-electron chi connectivity index (χ3n) is 3.71. The van der Waals surface area contributed by atoms with Crippen molar-refractivity contribution in [2.24, 2.45) is 17.6 Å². The lowest BCUT2D eigenvalue weighted by Gasteiger charge is -2.26. The molecule has 2 rings (SSSR count). The van der Waals surface area contributed by atoms with Crippen LogP contribution in [0.2, 0.25) is 5.02 Å². The Kier molecular flexibility index (Phi) is 4.71. The van der Waals surface area contributed by atoms with E-state index < -0.39 is 5.91 Å². The molecule has 0 radical (unpaired) electrons. The maximum absolute atomic E-state index is 11.1. The largest absolute Gasteiger partial charge is 0.385 e. The number of carbonyl (C=O) groups excluding carboxylic acids is 1. The van der Waals surface area contributed by atoms with Crippen molar-refractivity contribution in [3.8, 4) is 0 Å². The molecule has 1 aliphatic carbocycles. The van der Waals surface area contributed by atoms with Gasteiger partial charge in [0.15, 0.2) is 0 Å². The van der Waals surface area contributed by atoms with Crippen molar-refractivity contribution in [1.82, 2.24) is 0 Å². The molecule has 0 bridgehead atoms. The number of nitrogens with one attached hydrogen (secondary N) is 1. The summed E-state index contributed by atoms with van der Waals surface area (Å²) < 4.78 is 0. The highest BCUT2D eigenvalue weighted by atomic mass is 35.5. The molecule has 1 aromatic rings. The van der Waals surface area contributed by atoms with Gasteiger partial charge in [-0.2, -0.15) is 0 Å². The number of amides is 1. The molecule has 108 valence electrons. The molecule has 0 heterocycles. The van der Waals surface area contributed by atoms with Crippen LogP contribution >= 0.6 is 11.6 Å². The number of carbonyl (C=O) groups is 1. The second-order valence-electron chi connectivity index (χ2n) is 5.74. The number of primary amides is 1. The molecule has 1 aliphatic rings. The van der Waals surface area contributed by atoms with E-state index in [2.05, 4.69) is 25.2 Å². The molecule has 2 atom stereocenters. The van der Waals surface area contributed by atoms with Crippen LogP contribution in [0.4, 0.5) is 5.69 Å². The van der Waals surface area contributed by atoms with Crippen LogP contribution in [0.15, 0.2) is 29.8 Å². The maximum Gasteiger partial charge on any atom is 0.250 e. The zero-order valence-electron chi connectivity index (χ0n) is 11.9. The fourth-order valence-corrected chi connectivity index (χ4v) is 3.20. The lowest BCUT2D eigenvalue weighted by molar-refractivity contribution is 0.100. The maximum atomic E-state index is 11.1. The van der Waals surface area contributed by atoms with Gasteiger partial charge in [-0.05, 0) is 49.8 Å². The number of benzene rings is 1. The van der Waals surface area contributed by atoms with Crippen LogP contribution in [0, 0.1) is 11.8 Å². The number of hydrogen-bond acceptors (Lipinski definition) is 2. The molecule has 0 spiro atoms. The highest BCUT2D eigenvalue weighted by molar-refractivity contribution is 6.34. The van der Waals surface area contributed by atoms with Crippen molar-refractivity contribution in [2.75, 3.05) is 11.9 Å². The Morgan fingerprint density at radius 3 is 2.85 bits per heavy atom. The van der Waals surface area contributed by atoms with Crippen LogP contribution in [0.25, 0.3) is 0 Å². The zero-order chi connectivity index (χ0) is 14.7. The minimum Gasteiger partial charge on any atom is -0.385 e. The summed E-state index contributed by atoms with van der Waals surface area (Å²) in [4.78, 5) is 11.1. The first-order valence-corrected chi connectivity index (χ1v) is 7.34. The fourth-order valence-electron chi connectivity index (χ4n) is 2.93. The second-order valence-corrected chi connectivity index (χ2v) is 6.14. The van der Waals surface area contributed by atoms with E-state index in [1.165, 1.54) is 12.0 Å². The molecule has 1 amide bonds. The lowest BCUT2D eigenvalue weighted by atomic mass is 9.84. The molecule has 0 aromatic heterocycles. The van der Waals surface area contributed by atoms with E-state index in [0.29, 0.717) is 22.4 Å². The van der Waals surface area contributed by atoms with Gasteiger partial charge >= 0.3 is 0 Å². The average Bonchev–Trinajstić information content (AvgIpc) is 2.35. The monoisotopic (exact) mass is 292 g/mol. The average molecular weight is 293 g/mol. The van der Waals surface area contributed by atoms with Gasteiger partial charge in [-0.25, -0.2) is 0 Å². The van der Waals surface area contributed by atoms with Crippen LogP contribution in [0.1, 0.15) is 37.0 Å². The number of allylic oxidation sites excluding steroid dienone is 2. The number of halogens is 1. The summed E-state index contributed by atoms with van der Waals surface area (Å²) in [5.41, 5.74) is 8.00. The Hall–Kier alpha value is -1.48. The quantitative estimate of drug-likeness (QED) is 0.828. The van der Waals surface area contributed by atoms with Crippen molar-refractivity contribution < 1.29 is 4.79 Å². The highest BCUT2D eigenvalue weighted by Crippen LogP contribution is 2.28. The minimum absolute atomic E-state index is 0.363. The summed E-state index contributed by atoms with van der Waals surface area (Å²) >= 11 is 6.04. The predicted molar refractivity (Wildman–Crippen MR) is 84.1 cm³/mol. The van der Waals surface area contributed by atoms with Gasteiger partial charge in [0.25, 0.3) is 0 Å². The third kappa shape index (κ3) is 3.76. The molecule has 20 heavy (non-hydrogen) atoms. The van der Waals surface area contributed by atoms with Gasteiger partial charge in [-0.15, -0.1) is 0 Å². The molecule has 4 heteroatoms. The van der Waals surface area contributed by atoms with Gasteiger partial charge < -0.3 is 11.1 Å². The van der Waals surface area contributed by atoms with Crippen molar-refractivity contribution in [1.29, 1.82) is 0 Å². The first kappa shape index (κ1) is 14.9. The van der Waals surface area contributed by atoms with Crippen LogP contribution in [-0.2, 0) is 0 Å². The molecule has 0 fully saturated rings. The molecule has 3 nitrogen and oxygen atoms in total. The summed E-state index contributed by atoms with van der Waals surface area (Å²) in [6.07, 6.45) is 4.71. The SMILES string of the molecule is CC1=CC(C)CC(CNc2ccc(C(N)=O)c(Cl)c2)C1. The molecule has 0 aliphatic heterocycles. The Balaban J connectivity index is 1.96. The van der Waals surface area contributed by atoms with Gasteiger partial charge in [0.2, 0.25) is 5.91 Å². The van der Waals surface area contributed by atoms with Crippen LogP contribution < -0.4 is 11.1 Å². The number of nitrogens with two attached hydrogens (primary N) is 1. The van der Waals surface area contributed by atoms with Crippen LogP contribution in [0.5, 0.6) is 0 Å². The summed E-state index contributed by atoms with van der Waals surface area (Å²) in [5.74, 6) is 0.796. The van der Waals surface area contributed by atoms with E-state index in [0.717, 1.165) is 18.7 Å². The van der Waals surface area contributed by atoms with Crippen molar-refractivity contribution >= 4 is 23.2 Å². The summed E-state index contributed by atoms with van der Waals surface area (Å²) in [7, 11) is 0. The van der Waals surface area contributed by atoms with Gasteiger partial charge in [-0.1, -0.05) is 30.2 Å². The van der Waals surface area contributed by atoms with Gasteiger partial charge in [0.1, 0.15) is 0 Å². The van der Waals surface area contributed by atoms with Crippen molar-refractivity contribution in [3.63, 3.8) is 0 Å². The van der Waals surface area contributed by atoms with E-state index in [1.807, 2.05) is 6.07 Å². The van der Waals surface area contributed by atoms with E-state index in [9.17, 15) is 4.79 Å². The molecule has 3 N–H and O–H groups in total. The molecule has 1 aromatic carbocycles. The molecule has 0 saturated carbocycles. The van der Waals surface area contributed by atoms with Crippen molar-refractivity contribution in [3.05, 3.63) is 40.4 Å². The molecule has 2 unspecified atom stereocenters. The summed E-state index contributed by atoms with van der Waals surface area (Å²) in [6, 6.07) is 5.28. The van der Waals surface area contributed by atoms with E-state index in [1.54, 1.807) is 12.1 Å². The fraction of sp³-hybridized carbons (Fsp3) is 0.438. The lowest BCUT2D eigenvalue weighted by Crippen LogP contribution is -2.20. The standard InChI is InChI=1S/C16H21ClN2O/c1-10-5-11(2)7-12(6-10)9-19-13-3-4-14(16(18)20)15(17)8-13/h3-5,8,10,12,19H,6-7,9H2,1-2H3,(H2,18,20). The van der Waals surface area contributed by atoms with E-state index in [4.69, 9.17) is 17.3 Å². The number of hydrogen-bond donors (Lipinski definition) is 2. The molecular weight excluding hydrogens is 272 g/mol. The Morgan fingerprint density at radius 2 is 2.25 bits per heavy atom.